The average molecular weight is 300 g/mol. The number of fused-ring (bicyclic) bond motifs is 1. The van der Waals surface area contributed by atoms with Gasteiger partial charge in [0, 0.05) is 22.7 Å². The molecule has 0 saturated carbocycles. The molecule has 0 aliphatic carbocycles. The summed E-state index contributed by atoms with van der Waals surface area (Å²) in [6, 6.07) is 6.62. The number of unbranched alkanes of at least 4 members (excludes halogenated alkanes) is 1. The molecule has 1 aliphatic heterocycles. The highest BCUT2D eigenvalue weighted by molar-refractivity contribution is 6.00. The Morgan fingerprint density at radius 3 is 2.68 bits per heavy atom. The maximum Gasteiger partial charge on any atom is 0.247 e. The number of carbonyl (C=O) groups is 2. The standard InChI is InChI=1S/C16H20N4O2/c17-8-4-3-7-13-15(21)20-14(16(22)19-13)11-9-18-12-6-2-1-5-10(11)12/h1-2,5-6,9,13-14,18H,3-4,7-8,17H2,(H,19,22)(H,20,21)/t13-,14+/m1/s1. The molecule has 0 bridgehead atoms. The van der Waals surface area contributed by atoms with E-state index in [1.54, 1.807) is 6.20 Å². The van der Waals surface area contributed by atoms with Crippen molar-refractivity contribution in [1.29, 1.82) is 0 Å². The highest BCUT2D eigenvalue weighted by atomic mass is 16.2. The van der Waals surface area contributed by atoms with Crippen LogP contribution in [0.2, 0.25) is 0 Å². The molecule has 3 rings (SSSR count). The van der Waals surface area contributed by atoms with Gasteiger partial charge in [0.2, 0.25) is 11.8 Å². The minimum absolute atomic E-state index is 0.132. The largest absolute Gasteiger partial charge is 0.361 e. The minimum atomic E-state index is -0.644. The zero-order valence-corrected chi connectivity index (χ0v) is 12.3. The van der Waals surface area contributed by atoms with E-state index in [9.17, 15) is 9.59 Å². The molecule has 2 heterocycles. The van der Waals surface area contributed by atoms with Crippen LogP contribution in [-0.2, 0) is 9.59 Å². The third kappa shape index (κ3) is 2.69. The van der Waals surface area contributed by atoms with E-state index in [-0.39, 0.29) is 11.8 Å². The zero-order valence-electron chi connectivity index (χ0n) is 12.3. The number of H-pyrrole nitrogens is 1. The lowest BCUT2D eigenvalue weighted by Crippen LogP contribution is -2.57. The van der Waals surface area contributed by atoms with E-state index in [1.165, 1.54) is 0 Å². The van der Waals surface area contributed by atoms with Gasteiger partial charge in [-0.05, 0) is 31.9 Å². The van der Waals surface area contributed by atoms with E-state index in [4.69, 9.17) is 5.73 Å². The SMILES string of the molecule is NCCCC[C@H]1NC(=O)[C@H](c2c[nH]c3ccccc23)NC1=O. The summed E-state index contributed by atoms with van der Waals surface area (Å²) in [5.41, 5.74) is 7.20. The molecule has 22 heavy (non-hydrogen) atoms. The molecule has 1 aliphatic rings. The minimum Gasteiger partial charge on any atom is -0.361 e. The first kappa shape index (κ1) is 14.6. The summed E-state index contributed by atoms with van der Waals surface area (Å²) in [7, 11) is 0. The Morgan fingerprint density at radius 1 is 1.05 bits per heavy atom. The van der Waals surface area contributed by atoms with Crippen LogP contribution < -0.4 is 16.4 Å². The van der Waals surface area contributed by atoms with Gasteiger partial charge in [-0.3, -0.25) is 9.59 Å². The molecule has 5 N–H and O–H groups in total. The van der Waals surface area contributed by atoms with Gasteiger partial charge >= 0.3 is 0 Å². The Kier molecular flexibility index (Phi) is 4.11. The van der Waals surface area contributed by atoms with Crippen molar-refractivity contribution in [2.45, 2.75) is 31.3 Å². The van der Waals surface area contributed by atoms with Crippen LogP contribution in [0.1, 0.15) is 30.9 Å². The van der Waals surface area contributed by atoms with Crippen molar-refractivity contribution in [2.75, 3.05) is 6.54 Å². The summed E-state index contributed by atoms with van der Waals surface area (Å²) in [4.78, 5) is 27.7. The number of benzene rings is 1. The van der Waals surface area contributed by atoms with E-state index in [0.29, 0.717) is 13.0 Å². The molecule has 2 aromatic rings. The number of nitrogens with one attached hydrogen (secondary N) is 3. The fourth-order valence-electron chi connectivity index (χ4n) is 2.88. The van der Waals surface area contributed by atoms with Gasteiger partial charge in [-0.1, -0.05) is 18.2 Å². The number of carbonyl (C=O) groups excluding carboxylic acids is 2. The Morgan fingerprint density at radius 2 is 1.86 bits per heavy atom. The van der Waals surface area contributed by atoms with Crippen molar-refractivity contribution in [3.8, 4) is 0 Å². The van der Waals surface area contributed by atoms with Crippen LogP contribution in [0.15, 0.2) is 30.5 Å². The van der Waals surface area contributed by atoms with Crippen molar-refractivity contribution in [3.05, 3.63) is 36.0 Å². The second-order valence-electron chi connectivity index (χ2n) is 5.58. The van der Waals surface area contributed by atoms with E-state index in [1.807, 2.05) is 24.3 Å². The molecule has 6 heteroatoms. The van der Waals surface area contributed by atoms with E-state index >= 15 is 0 Å². The second-order valence-corrected chi connectivity index (χ2v) is 5.58. The molecule has 1 aromatic carbocycles. The number of nitrogens with two attached hydrogens (primary N) is 1. The highest BCUT2D eigenvalue weighted by Crippen LogP contribution is 2.26. The second kappa shape index (κ2) is 6.19. The third-order valence-electron chi connectivity index (χ3n) is 4.06. The Hall–Kier alpha value is -2.34. The molecular weight excluding hydrogens is 280 g/mol. The van der Waals surface area contributed by atoms with E-state index < -0.39 is 12.1 Å². The van der Waals surface area contributed by atoms with Gasteiger partial charge in [-0.25, -0.2) is 0 Å². The first-order valence-electron chi connectivity index (χ1n) is 7.57. The molecule has 2 amide bonds. The van der Waals surface area contributed by atoms with Crippen LogP contribution in [0, 0.1) is 0 Å². The number of amides is 2. The molecule has 116 valence electrons. The summed E-state index contributed by atoms with van der Waals surface area (Å²) in [5.74, 6) is -0.297. The third-order valence-corrected chi connectivity index (χ3v) is 4.06. The van der Waals surface area contributed by atoms with Crippen molar-refractivity contribution < 1.29 is 9.59 Å². The Labute approximate surface area is 128 Å². The number of para-hydroxylation sites is 1. The first-order chi connectivity index (χ1) is 10.7. The van der Waals surface area contributed by atoms with Crippen LogP contribution >= 0.6 is 0 Å². The van der Waals surface area contributed by atoms with Crippen molar-refractivity contribution in [3.63, 3.8) is 0 Å². The van der Waals surface area contributed by atoms with Crippen LogP contribution in [0.5, 0.6) is 0 Å². The number of rotatable bonds is 5. The quantitative estimate of drug-likeness (QED) is 0.619. The molecule has 2 atom stereocenters. The lowest BCUT2D eigenvalue weighted by molar-refractivity contribution is -0.137. The number of aromatic amines is 1. The Balaban J connectivity index is 1.77. The fourth-order valence-corrected chi connectivity index (χ4v) is 2.88. The van der Waals surface area contributed by atoms with Gasteiger partial charge in [-0.15, -0.1) is 0 Å². The van der Waals surface area contributed by atoms with Gasteiger partial charge in [0.25, 0.3) is 0 Å². The van der Waals surface area contributed by atoms with Gasteiger partial charge in [-0.2, -0.15) is 0 Å². The monoisotopic (exact) mass is 300 g/mol. The summed E-state index contributed by atoms with van der Waals surface area (Å²) < 4.78 is 0. The molecule has 0 radical (unpaired) electrons. The van der Waals surface area contributed by atoms with Gasteiger partial charge in [0.15, 0.2) is 0 Å². The van der Waals surface area contributed by atoms with Crippen molar-refractivity contribution >= 4 is 22.7 Å². The summed E-state index contributed by atoms with van der Waals surface area (Å²) >= 11 is 0. The topological polar surface area (TPSA) is 100 Å². The number of piperazine rings is 1. The average Bonchev–Trinajstić information content (AvgIpc) is 2.94. The summed E-state index contributed by atoms with van der Waals surface area (Å²) in [6.07, 6.45) is 4.08. The molecule has 0 unspecified atom stereocenters. The molecular formula is C16H20N4O2. The predicted octanol–water partition coefficient (Wildman–Crippen LogP) is 0.953. The Bertz CT molecular complexity index is 694. The van der Waals surface area contributed by atoms with E-state index in [0.717, 1.165) is 29.3 Å². The maximum atomic E-state index is 12.4. The van der Waals surface area contributed by atoms with Crippen LogP contribution in [0.3, 0.4) is 0 Å². The lowest BCUT2D eigenvalue weighted by atomic mass is 9.99. The van der Waals surface area contributed by atoms with Gasteiger partial charge in [0.1, 0.15) is 12.1 Å². The van der Waals surface area contributed by atoms with Crippen LogP contribution in [0.4, 0.5) is 0 Å². The molecule has 1 aromatic heterocycles. The smallest absolute Gasteiger partial charge is 0.247 e. The molecule has 6 nitrogen and oxygen atoms in total. The lowest BCUT2D eigenvalue weighted by Gasteiger charge is -2.29. The number of hydrogen-bond acceptors (Lipinski definition) is 3. The highest BCUT2D eigenvalue weighted by Gasteiger charge is 2.35. The normalized spacial score (nSPS) is 21.7. The first-order valence-corrected chi connectivity index (χ1v) is 7.57. The predicted molar refractivity (Wildman–Crippen MR) is 84.0 cm³/mol. The van der Waals surface area contributed by atoms with Gasteiger partial charge < -0.3 is 21.4 Å². The van der Waals surface area contributed by atoms with Crippen molar-refractivity contribution in [2.24, 2.45) is 5.73 Å². The van der Waals surface area contributed by atoms with Crippen molar-refractivity contribution in [1.82, 2.24) is 15.6 Å². The molecule has 1 saturated heterocycles. The van der Waals surface area contributed by atoms with Crippen LogP contribution in [-0.4, -0.2) is 29.4 Å². The van der Waals surface area contributed by atoms with E-state index in [2.05, 4.69) is 15.6 Å². The summed E-state index contributed by atoms with van der Waals surface area (Å²) in [5, 5.41) is 6.61. The summed E-state index contributed by atoms with van der Waals surface area (Å²) in [6.45, 7) is 0.597. The zero-order chi connectivity index (χ0) is 15.5. The van der Waals surface area contributed by atoms with Crippen LogP contribution in [0.25, 0.3) is 10.9 Å². The van der Waals surface area contributed by atoms with Gasteiger partial charge in [0.05, 0.1) is 0 Å². The number of aromatic nitrogens is 1. The maximum absolute atomic E-state index is 12.4. The molecule has 0 spiro atoms. The molecule has 1 fully saturated rings. The number of hydrogen-bond donors (Lipinski definition) is 4. The fraction of sp³-hybridized carbons (Fsp3) is 0.375.